The predicted octanol–water partition coefficient (Wildman–Crippen LogP) is 1.63. The van der Waals surface area contributed by atoms with E-state index in [1.165, 1.54) is 11.1 Å². The van der Waals surface area contributed by atoms with Crippen molar-refractivity contribution in [3.63, 3.8) is 0 Å². The van der Waals surface area contributed by atoms with E-state index in [2.05, 4.69) is 40.6 Å². The monoisotopic (exact) mass is 259 g/mol. The Labute approximate surface area is 112 Å². The first-order valence-electron chi connectivity index (χ1n) is 6.50. The van der Waals surface area contributed by atoms with Crippen LogP contribution in [-0.4, -0.2) is 29.9 Å². The van der Waals surface area contributed by atoms with E-state index in [1.54, 1.807) is 0 Å². The molecule has 0 saturated carbocycles. The van der Waals surface area contributed by atoms with E-state index in [-0.39, 0.29) is 6.04 Å². The molecule has 0 bridgehead atoms. The summed E-state index contributed by atoms with van der Waals surface area (Å²) in [5, 5.41) is 7.34. The molecule has 19 heavy (non-hydrogen) atoms. The lowest BCUT2D eigenvalue weighted by Crippen LogP contribution is -2.35. The van der Waals surface area contributed by atoms with Gasteiger partial charge in [-0.3, -0.25) is 0 Å². The zero-order chi connectivity index (χ0) is 13.1. The van der Waals surface area contributed by atoms with Crippen LogP contribution in [0.25, 0.3) is 0 Å². The van der Waals surface area contributed by atoms with Crippen LogP contribution in [0.15, 0.2) is 28.8 Å². The van der Waals surface area contributed by atoms with Gasteiger partial charge >= 0.3 is 0 Å². The summed E-state index contributed by atoms with van der Waals surface area (Å²) in [6, 6.07) is 8.36. The molecule has 1 aromatic heterocycles. The third-order valence-corrected chi connectivity index (χ3v) is 3.15. The number of nitrogens with zero attached hydrogens (tertiary/aromatic N) is 2. The fourth-order valence-corrected chi connectivity index (χ4v) is 2.21. The van der Waals surface area contributed by atoms with E-state index in [0.717, 1.165) is 13.2 Å². The van der Waals surface area contributed by atoms with Gasteiger partial charge < -0.3 is 14.6 Å². The molecule has 0 radical (unpaired) electrons. The summed E-state index contributed by atoms with van der Waals surface area (Å²) in [7, 11) is 0. The van der Waals surface area contributed by atoms with Crippen LogP contribution in [-0.2, 0) is 11.2 Å². The number of hydrogen-bond acceptors (Lipinski definition) is 5. The van der Waals surface area contributed by atoms with Crippen molar-refractivity contribution < 1.29 is 9.26 Å². The Bertz CT molecular complexity index is 547. The van der Waals surface area contributed by atoms with Gasteiger partial charge in [0.05, 0.1) is 25.7 Å². The summed E-state index contributed by atoms with van der Waals surface area (Å²) in [5.41, 5.74) is 2.42. The van der Waals surface area contributed by atoms with Crippen molar-refractivity contribution >= 4 is 0 Å². The standard InChI is InChI=1S/C14H17N3O2/c1-10-3-2-4-11(7-10)8-13-16-14(17-19-13)12-9-18-6-5-15-12/h2-4,7,12,15H,5-6,8-9H2,1H3. The molecule has 1 atom stereocenters. The summed E-state index contributed by atoms with van der Waals surface area (Å²) in [5.74, 6) is 1.33. The fourth-order valence-electron chi connectivity index (χ4n) is 2.21. The van der Waals surface area contributed by atoms with Gasteiger partial charge in [-0.1, -0.05) is 35.0 Å². The predicted molar refractivity (Wildman–Crippen MR) is 69.8 cm³/mol. The number of rotatable bonds is 3. The largest absolute Gasteiger partial charge is 0.378 e. The minimum absolute atomic E-state index is 0.0451. The van der Waals surface area contributed by atoms with Gasteiger partial charge in [-0.15, -0.1) is 0 Å². The molecule has 1 aliphatic heterocycles. The lowest BCUT2D eigenvalue weighted by molar-refractivity contribution is 0.0734. The van der Waals surface area contributed by atoms with Crippen molar-refractivity contribution in [3.8, 4) is 0 Å². The van der Waals surface area contributed by atoms with Crippen LogP contribution in [0, 0.1) is 6.92 Å². The zero-order valence-corrected chi connectivity index (χ0v) is 10.9. The van der Waals surface area contributed by atoms with Crippen LogP contribution in [0.3, 0.4) is 0 Å². The maximum absolute atomic E-state index is 5.40. The van der Waals surface area contributed by atoms with Crippen LogP contribution >= 0.6 is 0 Å². The number of morpholine rings is 1. The number of hydrogen-bond donors (Lipinski definition) is 1. The molecule has 0 amide bonds. The summed E-state index contributed by atoms with van der Waals surface area (Å²) in [6.07, 6.45) is 0.669. The third-order valence-electron chi connectivity index (χ3n) is 3.15. The second-order valence-corrected chi connectivity index (χ2v) is 4.79. The molecule has 1 aromatic carbocycles. The molecule has 0 spiro atoms. The molecule has 5 nitrogen and oxygen atoms in total. The average molecular weight is 259 g/mol. The Morgan fingerprint density at radius 1 is 1.42 bits per heavy atom. The molecule has 0 aliphatic carbocycles. The molecule has 1 saturated heterocycles. The summed E-state index contributed by atoms with van der Waals surface area (Å²) >= 11 is 0. The Morgan fingerprint density at radius 2 is 2.37 bits per heavy atom. The van der Waals surface area contributed by atoms with E-state index >= 15 is 0 Å². The molecular weight excluding hydrogens is 242 g/mol. The Morgan fingerprint density at radius 3 is 3.16 bits per heavy atom. The first kappa shape index (κ1) is 12.3. The SMILES string of the molecule is Cc1cccc(Cc2nc(C3COCCN3)no2)c1. The number of aryl methyl sites for hydroxylation is 1. The highest BCUT2D eigenvalue weighted by molar-refractivity contribution is 5.24. The number of benzene rings is 1. The van der Waals surface area contributed by atoms with Gasteiger partial charge in [0.2, 0.25) is 5.89 Å². The molecule has 100 valence electrons. The highest BCUT2D eigenvalue weighted by Gasteiger charge is 2.20. The number of ether oxygens (including phenoxy) is 1. The zero-order valence-electron chi connectivity index (χ0n) is 10.9. The smallest absolute Gasteiger partial charge is 0.231 e. The van der Waals surface area contributed by atoms with Crippen LogP contribution in [0.2, 0.25) is 0 Å². The molecular formula is C14H17N3O2. The Kier molecular flexibility index (Phi) is 3.57. The van der Waals surface area contributed by atoms with Gasteiger partial charge in [0.25, 0.3) is 0 Å². The topological polar surface area (TPSA) is 60.2 Å². The van der Waals surface area contributed by atoms with E-state index in [9.17, 15) is 0 Å². The van der Waals surface area contributed by atoms with Crippen molar-refractivity contribution in [1.29, 1.82) is 0 Å². The summed E-state index contributed by atoms with van der Waals surface area (Å²) < 4.78 is 10.7. The lowest BCUT2D eigenvalue weighted by Gasteiger charge is -2.20. The Hall–Kier alpha value is -1.72. The maximum atomic E-state index is 5.40. The first-order chi connectivity index (χ1) is 9.31. The van der Waals surface area contributed by atoms with Gasteiger partial charge in [-0.25, -0.2) is 0 Å². The van der Waals surface area contributed by atoms with E-state index in [0.29, 0.717) is 24.7 Å². The van der Waals surface area contributed by atoms with Gasteiger partial charge in [-0.2, -0.15) is 4.98 Å². The summed E-state index contributed by atoms with van der Waals surface area (Å²) in [4.78, 5) is 4.44. The molecule has 5 heteroatoms. The van der Waals surface area contributed by atoms with Gasteiger partial charge in [0.15, 0.2) is 5.82 Å². The van der Waals surface area contributed by atoms with E-state index < -0.39 is 0 Å². The molecule has 1 N–H and O–H groups in total. The maximum Gasteiger partial charge on any atom is 0.231 e. The average Bonchev–Trinajstić information content (AvgIpc) is 2.88. The quantitative estimate of drug-likeness (QED) is 0.907. The minimum Gasteiger partial charge on any atom is -0.378 e. The molecule has 1 aliphatic rings. The first-order valence-corrected chi connectivity index (χ1v) is 6.50. The Balaban J connectivity index is 1.70. The van der Waals surface area contributed by atoms with Crippen molar-refractivity contribution in [2.45, 2.75) is 19.4 Å². The van der Waals surface area contributed by atoms with Gasteiger partial charge in [-0.05, 0) is 12.5 Å². The molecule has 1 fully saturated rings. The number of nitrogens with one attached hydrogen (secondary N) is 1. The lowest BCUT2D eigenvalue weighted by atomic mass is 10.1. The van der Waals surface area contributed by atoms with Crippen LogP contribution in [0.4, 0.5) is 0 Å². The van der Waals surface area contributed by atoms with Crippen molar-refractivity contribution in [3.05, 3.63) is 47.1 Å². The van der Waals surface area contributed by atoms with Crippen molar-refractivity contribution in [1.82, 2.24) is 15.5 Å². The molecule has 2 heterocycles. The highest BCUT2D eigenvalue weighted by atomic mass is 16.5. The van der Waals surface area contributed by atoms with E-state index in [1.807, 2.05) is 6.07 Å². The molecule has 3 rings (SSSR count). The second-order valence-electron chi connectivity index (χ2n) is 4.79. The van der Waals surface area contributed by atoms with Gasteiger partial charge in [0.1, 0.15) is 0 Å². The normalized spacial score (nSPS) is 19.5. The second kappa shape index (κ2) is 5.50. The summed E-state index contributed by atoms with van der Waals surface area (Å²) in [6.45, 7) is 4.24. The van der Waals surface area contributed by atoms with Crippen molar-refractivity contribution in [2.75, 3.05) is 19.8 Å². The fraction of sp³-hybridized carbons (Fsp3) is 0.429. The van der Waals surface area contributed by atoms with Gasteiger partial charge in [0, 0.05) is 6.54 Å². The van der Waals surface area contributed by atoms with Crippen LogP contribution in [0.1, 0.15) is 28.9 Å². The molecule has 1 unspecified atom stereocenters. The highest BCUT2D eigenvalue weighted by Crippen LogP contribution is 2.15. The van der Waals surface area contributed by atoms with Crippen molar-refractivity contribution in [2.24, 2.45) is 0 Å². The van der Waals surface area contributed by atoms with E-state index in [4.69, 9.17) is 9.26 Å². The minimum atomic E-state index is 0.0451. The molecule has 2 aromatic rings. The third kappa shape index (κ3) is 3.00. The number of aromatic nitrogens is 2. The van der Waals surface area contributed by atoms with Crippen LogP contribution < -0.4 is 5.32 Å². The van der Waals surface area contributed by atoms with Crippen LogP contribution in [0.5, 0.6) is 0 Å².